The highest BCUT2D eigenvalue weighted by molar-refractivity contribution is 5.97. The standard InChI is InChI=1S/C19H19FN2O3/c1-2-21-18(23)12-4-3-5-16(10-12)22-19(24)14-8-13-9-15(20)6-7-17(13)25-11-14/h3-7,9-10,14H,2,8,11H2,1H3,(H,21,23)(H,22,24). The molecule has 2 aromatic rings. The molecule has 1 aliphatic heterocycles. The molecule has 130 valence electrons. The lowest BCUT2D eigenvalue weighted by Crippen LogP contribution is -2.32. The fraction of sp³-hybridized carbons (Fsp3) is 0.263. The van der Waals surface area contributed by atoms with Crippen LogP contribution in [0, 0.1) is 11.7 Å². The zero-order valence-corrected chi connectivity index (χ0v) is 13.8. The van der Waals surface area contributed by atoms with Gasteiger partial charge in [0.1, 0.15) is 18.2 Å². The molecule has 0 fully saturated rings. The Morgan fingerprint density at radius 2 is 2.08 bits per heavy atom. The highest BCUT2D eigenvalue weighted by Crippen LogP contribution is 2.28. The van der Waals surface area contributed by atoms with Crippen molar-refractivity contribution in [1.29, 1.82) is 0 Å². The molecule has 1 aliphatic rings. The highest BCUT2D eigenvalue weighted by atomic mass is 19.1. The van der Waals surface area contributed by atoms with Gasteiger partial charge in [-0.05, 0) is 55.3 Å². The van der Waals surface area contributed by atoms with E-state index in [-0.39, 0.29) is 24.2 Å². The van der Waals surface area contributed by atoms with Crippen LogP contribution in [-0.4, -0.2) is 25.0 Å². The van der Waals surface area contributed by atoms with Crippen LogP contribution >= 0.6 is 0 Å². The molecule has 6 heteroatoms. The lowest BCUT2D eigenvalue weighted by atomic mass is 9.96. The van der Waals surface area contributed by atoms with E-state index in [1.165, 1.54) is 12.1 Å². The van der Waals surface area contributed by atoms with E-state index in [4.69, 9.17) is 4.74 Å². The minimum atomic E-state index is -0.414. The molecule has 2 N–H and O–H groups in total. The van der Waals surface area contributed by atoms with Crippen molar-refractivity contribution < 1.29 is 18.7 Å². The summed E-state index contributed by atoms with van der Waals surface area (Å²) in [5, 5.41) is 5.52. The first-order chi connectivity index (χ1) is 12.1. The van der Waals surface area contributed by atoms with E-state index in [2.05, 4.69) is 10.6 Å². The van der Waals surface area contributed by atoms with Gasteiger partial charge in [0.15, 0.2) is 0 Å². The second-order valence-corrected chi connectivity index (χ2v) is 5.89. The molecule has 25 heavy (non-hydrogen) atoms. The van der Waals surface area contributed by atoms with Crippen molar-refractivity contribution in [2.75, 3.05) is 18.5 Å². The zero-order chi connectivity index (χ0) is 17.8. The lowest BCUT2D eigenvalue weighted by molar-refractivity contribution is -0.121. The number of amides is 2. The van der Waals surface area contributed by atoms with Crippen molar-refractivity contribution in [3.8, 4) is 5.75 Å². The van der Waals surface area contributed by atoms with E-state index in [9.17, 15) is 14.0 Å². The van der Waals surface area contributed by atoms with Crippen LogP contribution in [0.4, 0.5) is 10.1 Å². The third-order valence-corrected chi connectivity index (χ3v) is 4.03. The molecule has 0 radical (unpaired) electrons. The predicted molar refractivity (Wildman–Crippen MR) is 92.2 cm³/mol. The quantitative estimate of drug-likeness (QED) is 0.898. The molecular weight excluding hydrogens is 323 g/mol. The molecule has 1 heterocycles. The van der Waals surface area contributed by atoms with Gasteiger partial charge in [-0.3, -0.25) is 9.59 Å². The summed E-state index contributed by atoms with van der Waals surface area (Å²) in [5.74, 6) is -0.559. The number of anilines is 1. The van der Waals surface area contributed by atoms with Crippen molar-refractivity contribution in [3.63, 3.8) is 0 Å². The first kappa shape index (κ1) is 17.0. The van der Waals surface area contributed by atoms with Crippen LogP contribution in [0.3, 0.4) is 0 Å². The van der Waals surface area contributed by atoms with Gasteiger partial charge in [-0.25, -0.2) is 4.39 Å². The first-order valence-electron chi connectivity index (χ1n) is 8.17. The van der Waals surface area contributed by atoms with Gasteiger partial charge in [-0.1, -0.05) is 6.07 Å². The number of nitrogens with one attached hydrogen (secondary N) is 2. The summed E-state index contributed by atoms with van der Waals surface area (Å²) in [6.45, 7) is 2.61. The van der Waals surface area contributed by atoms with E-state index < -0.39 is 5.92 Å². The van der Waals surface area contributed by atoms with Crippen LogP contribution in [-0.2, 0) is 11.2 Å². The Kier molecular flexibility index (Phi) is 4.97. The second kappa shape index (κ2) is 7.34. The molecule has 0 aromatic heterocycles. The van der Waals surface area contributed by atoms with Gasteiger partial charge in [0.25, 0.3) is 5.91 Å². The maximum Gasteiger partial charge on any atom is 0.251 e. The van der Waals surface area contributed by atoms with Crippen molar-refractivity contribution >= 4 is 17.5 Å². The zero-order valence-electron chi connectivity index (χ0n) is 13.8. The normalized spacial score (nSPS) is 15.7. The van der Waals surface area contributed by atoms with Gasteiger partial charge in [-0.15, -0.1) is 0 Å². The van der Waals surface area contributed by atoms with Crippen molar-refractivity contribution in [3.05, 3.63) is 59.4 Å². The van der Waals surface area contributed by atoms with Gasteiger partial charge in [-0.2, -0.15) is 0 Å². The number of hydrogen-bond donors (Lipinski definition) is 2. The van der Waals surface area contributed by atoms with E-state index in [0.29, 0.717) is 35.5 Å². The molecular formula is C19H19FN2O3. The van der Waals surface area contributed by atoms with E-state index in [1.54, 1.807) is 30.3 Å². The summed E-state index contributed by atoms with van der Waals surface area (Å²) in [6.07, 6.45) is 0.412. The van der Waals surface area contributed by atoms with Crippen LogP contribution in [0.2, 0.25) is 0 Å². The summed E-state index contributed by atoms with van der Waals surface area (Å²) in [6, 6.07) is 11.1. The number of carbonyl (C=O) groups is 2. The molecule has 0 spiro atoms. The van der Waals surface area contributed by atoms with Gasteiger partial charge in [0.05, 0.1) is 5.92 Å². The third kappa shape index (κ3) is 3.96. The summed E-state index contributed by atoms with van der Waals surface area (Å²) < 4.78 is 18.9. The lowest BCUT2D eigenvalue weighted by Gasteiger charge is -2.24. The van der Waals surface area contributed by atoms with E-state index in [0.717, 1.165) is 0 Å². The molecule has 0 saturated carbocycles. The maximum atomic E-state index is 13.4. The van der Waals surface area contributed by atoms with E-state index >= 15 is 0 Å². The Morgan fingerprint density at radius 1 is 1.24 bits per heavy atom. The number of fused-ring (bicyclic) bond motifs is 1. The Morgan fingerprint density at radius 3 is 2.88 bits per heavy atom. The number of benzene rings is 2. The smallest absolute Gasteiger partial charge is 0.251 e. The minimum Gasteiger partial charge on any atom is -0.492 e. The number of hydrogen-bond acceptors (Lipinski definition) is 3. The monoisotopic (exact) mass is 342 g/mol. The van der Waals surface area contributed by atoms with Gasteiger partial charge in [0.2, 0.25) is 5.91 Å². The molecule has 3 rings (SSSR count). The van der Waals surface area contributed by atoms with Crippen LogP contribution in [0.5, 0.6) is 5.75 Å². The van der Waals surface area contributed by atoms with Gasteiger partial charge >= 0.3 is 0 Å². The first-order valence-corrected chi connectivity index (χ1v) is 8.17. The Balaban J connectivity index is 1.69. The largest absolute Gasteiger partial charge is 0.492 e. The van der Waals surface area contributed by atoms with Crippen LogP contribution in [0.1, 0.15) is 22.8 Å². The topological polar surface area (TPSA) is 67.4 Å². The molecule has 2 aromatic carbocycles. The van der Waals surface area contributed by atoms with Crippen molar-refractivity contribution in [1.82, 2.24) is 5.32 Å². The molecule has 1 atom stereocenters. The number of ether oxygens (including phenoxy) is 1. The highest BCUT2D eigenvalue weighted by Gasteiger charge is 2.26. The molecule has 2 amide bonds. The third-order valence-electron chi connectivity index (χ3n) is 4.03. The minimum absolute atomic E-state index is 0.191. The molecule has 5 nitrogen and oxygen atoms in total. The predicted octanol–water partition coefficient (Wildman–Crippen LogP) is 2.77. The van der Waals surface area contributed by atoms with Crippen LogP contribution < -0.4 is 15.4 Å². The molecule has 0 bridgehead atoms. The number of carbonyl (C=O) groups excluding carboxylic acids is 2. The number of halogens is 1. The summed E-state index contributed by atoms with van der Waals surface area (Å²) in [5.41, 5.74) is 1.70. The van der Waals surface area contributed by atoms with Gasteiger partial charge in [0, 0.05) is 17.8 Å². The SMILES string of the molecule is CCNC(=O)c1cccc(NC(=O)C2COc3ccc(F)cc3C2)c1. The average Bonchev–Trinajstić information content (AvgIpc) is 2.61. The fourth-order valence-corrected chi connectivity index (χ4v) is 2.78. The van der Waals surface area contributed by atoms with Crippen molar-refractivity contribution in [2.24, 2.45) is 5.92 Å². The van der Waals surface area contributed by atoms with Crippen LogP contribution in [0.15, 0.2) is 42.5 Å². The Bertz CT molecular complexity index is 807. The molecule has 1 unspecified atom stereocenters. The van der Waals surface area contributed by atoms with E-state index in [1.807, 2.05) is 6.92 Å². The summed E-state index contributed by atoms with van der Waals surface area (Å²) >= 11 is 0. The number of rotatable bonds is 4. The van der Waals surface area contributed by atoms with Crippen LogP contribution in [0.25, 0.3) is 0 Å². The molecule has 0 saturated heterocycles. The fourth-order valence-electron chi connectivity index (χ4n) is 2.78. The summed E-state index contributed by atoms with van der Waals surface area (Å²) in [7, 11) is 0. The molecule has 0 aliphatic carbocycles. The Labute approximate surface area is 145 Å². The average molecular weight is 342 g/mol. The van der Waals surface area contributed by atoms with Gasteiger partial charge < -0.3 is 15.4 Å². The maximum absolute atomic E-state index is 13.4. The Hall–Kier alpha value is -2.89. The summed E-state index contributed by atoms with van der Waals surface area (Å²) in [4.78, 5) is 24.4. The second-order valence-electron chi connectivity index (χ2n) is 5.89. The van der Waals surface area contributed by atoms with Crippen molar-refractivity contribution in [2.45, 2.75) is 13.3 Å².